The predicted molar refractivity (Wildman–Crippen MR) is 84.6 cm³/mol. The van der Waals surface area contributed by atoms with Crippen LogP contribution in [0.2, 0.25) is 0 Å². The van der Waals surface area contributed by atoms with Crippen LogP contribution in [-0.4, -0.2) is 25.2 Å². The van der Waals surface area contributed by atoms with Crippen molar-refractivity contribution in [2.24, 2.45) is 0 Å². The van der Waals surface area contributed by atoms with Gasteiger partial charge in [-0.25, -0.2) is 14.2 Å². The van der Waals surface area contributed by atoms with E-state index in [-0.39, 0.29) is 16.7 Å². The lowest BCUT2D eigenvalue weighted by Crippen LogP contribution is -2.10. The Bertz CT molecular complexity index is 874. The maximum absolute atomic E-state index is 13.7. The first kappa shape index (κ1) is 16.1. The highest BCUT2D eigenvalue weighted by Gasteiger charge is 2.18. The molecule has 3 rings (SSSR count). The first-order valence-corrected chi connectivity index (χ1v) is 7.16. The molecular weight excluding hydrogens is 315 g/mol. The van der Waals surface area contributed by atoms with E-state index >= 15 is 0 Å². The molecule has 0 unspecified atom stereocenters. The van der Waals surface area contributed by atoms with Crippen LogP contribution in [0.4, 0.5) is 4.39 Å². The summed E-state index contributed by atoms with van der Waals surface area (Å²) in [7, 11) is 2.77. The number of benzene rings is 2. The molecule has 0 atom stereocenters. The van der Waals surface area contributed by atoms with E-state index < -0.39 is 11.8 Å². The third-order valence-electron chi connectivity index (χ3n) is 3.48. The summed E-state index contributed by atoms with van der Waals surface area (Å²) < 4.78 is 24.0. The van der Waals surface area contributed by atoms with Gasteiger partial charge in [0.25, 0.3) is 0 Å². The number of aromatic nitrogens is 1. The van der Waals surface area contributed by atoms with Gasteiger partial charge in [0.15, 0.2) is 5.58 Å². The van der Waals surface area contributed by atoms with Crippen molar-refractivity contribution >= 4 is 17.1 Å². The van der Waals surface area contributed by atoms with Gasteiger partial charge in [0.2, 0.25) is 5.89 Å². The molecule has 1 N–H and O–H groups in total. The van der Waals surface area contributed by atoms with E-state index in [9.17, 15) is 9.18 Å². The van der Waals surface area contributed by atoms with Gasteiger partial charge in [-0.15, -0.1) is 0 Å². The lowest BCUT2D eigenvalue weighted by molar-refractivity contribution is 0.0601. The Hall–Kier alpha value is -2.77. The van der Waals surface area contributed by atoms with Gasteiger partial charge in [0.1, 0.15) is 16.9 Å². The summed E-state index contributed by atoms with van der Waals surface area (Å²) in [4.78, 5) is 20.8. The fourth-order valence-electron chi connectivity index (χ4n) is 2.30. The normalized spacial score (nSPS) is 11.0. The molecule has 7 heteroatoms. The molecule has 0 spiro atoms. The van der Waals surface area contributed by atoms with Gasteiger partial charge in [0.05, 0.1) is 14.2 Å². The second-order valence-electron chi connectivity index (χ2n) is 5.03. The molecule has 24 heavy (non-hydrogen) atoms. The lowest BCUT2D eigenvalue weighted by Gasteiger charge is -2.02. The number of halogens is 1. The Labute approximate surface area is 137 Å². The maximum atomic E-state index is 13.7. The monoisotopic (exact) mass is 330 g/mol. The number of fused-ring (bicyclic) bond motifs is 1. The minimum absolute atomic E-state index is 0.00663. The Morgan fingerprint density at radius 3 is 2.67 bits per heavy atom. The molecule has 0 saturated carbocycles. The standard InChI is InChI=1S/C17H15FN2O4/c1-22-17(21)13-7-12(18)8-14-15(13)24-16(20-14)11-5-3-10(4-6-11)9-19-23-2/h3-8,19H,9H2,1-2H3. The number of hydrogen-bond acceptors (Lipinski definition) is 6. The second kappa shape index (κ2) is 6.77. The van der Waals surface area contributed by atoms with Gasteiger partial charge in [-0.1, -0.05) is 12.1 Å². The van der Waals surface area contributed by atoms with Crippen LogP contribution in [0.25, 0.3) is 22.6 Å². The van der Waals surface area contributed by atoms with Gasteiger partial charge in [0, 0.05) is 18.2 Å². The summed E-state index contributed by atoms with van der Waals surface area (Å²) in [5.74, 6) is -0.959. The Morgan fingerprint density at radius 2 is 2.00 bits per heavy atom. The molecule has 0 radical (unpaired) electrons. The van der Waals surface area contributed by atoms with Crippen LogP contribution < -0.4 is 5.48 Å². The van der Waals surface area contributed by atoms with Gasteiger partial charge in [-0.3, -0.25) is 0 Å². The molecule has 6 nitrogen and oxygen atoms in total. The summed E-state index contributed by atoms with van der Waals surface area (Å²) in [6, 6.07) is 9.71. The van der Waals surface area contributed by atoms with Crippen molar-refractivity contribution < 1.29 is 23.2 Å². The number of hydrogen-bond donors (Lipinski definition) is 1. The minimum atomic E-state index is -0.678. The first-order valence-electron chi connectivity index (χ1n) is 7.16. The third kappa shape index (κ3) is 3.12. The van der Waals surface area contributed by atoms with E-state index in [0.717, 1.165) is 11.6 Å². The van der Waals surface area contributed by atoms with Crippen molar-refractivity contribution in [3.05, 3.63) is 53.3 Å². The smallest absolute Gasteiger partial charge is 0.341 e. The van der Waals surface area contributed by atoms with Crippen LogP contribution in [0.3, 0.4) is 0 Å². The van der Waals surface area contributed by atoms with E-state index in [0.29, 0.717) is 18.0 Å². The number of hydroxylamine groups is 1. The van der Waals surface area contributed by atoms with Crippen molar-refractivity contribution in [3.8, 4) is 11.5 Å². The third-order valence-corrected chi connectivity index (χ3v) is 3.48. The molecule has 1 aromatic heterocycles. The van der Waals surface area contributed by atoms with Crippen molar-refractivity contribution in [2.45, 2.75) is 6.54 Å². The second-order valence-corrected chi connectivity index (χ2v) is 5.03. The van der Waals surface area contributed by atoms with E-state index in [1.807, 2.05) is 24.3 Å². The van der Waals surface area contributed by atoms with Crippen LogP contribution in [0.1, 0.15) is 15.9 Å². The molecule has 0 saturated heterocycles. The van der Waals surface area contributed by atoms with E-state index in [1.54, 1.807) is 7.11 Å². The Kier molecular flexibility index (Phi) is 4.54. The fraction of sp³-hybridized carbons (Fsp3) is 0.176. The van der Waals surface area contributed by atoms with Crippen molar-refractivity contribution in [1.82, 2.24) is 10.5 Å². The van der Waals surface area contributed by atoms with E-state index in [4.69, 9.17) is 9.25 Å². The number of esters is 1. The number of nitrogens with one attached hydrogen (secondary N) is 1. The number of carbonyl (C=O) groups is 1. The maximum Gasteiger partial charge on any atom is 0.341 e. The number of rotatable bonds is 5. The highest BCUT2D eigenvalue weighted by atomic mass is 19.1. The quantitative estimate of drug-likeness (QED) is 0.572. The van der Waals surface area contributed by atoms with Crippen LogP contribution >= 0.6 is 0 Å². The fourth-order valence-corrected chi connectivity index (χ4v) is 2.30. The SMILES string of the molecule is CONCc1ccc(-c2nc3cc(F)cc(C(=O)OC)c3o2)cc1. The van der Waals surface area contributed by atoms with Crippen molar-refractivity contribution in [2.75, 3.05) is 14.2 Å². The molecule has 0 aliphatic rings. The van der Waals surface area contributed by atoms with Crippen LogP contribution in [-0.2, 0) is 16.1 Å². The summed E-state index contributed by atoms with van der Waals surface area (Å²) in [5, 5.41) is 0. The van der Waals surface area contributed by atoms with Gasteiger partial charge in [-0.2, -0.15) is 5.48 Å². The molecule has 2 aromatic carbocycles. The summed E-state index contributed by atoms with van der Waals surface area (Å²) in [5.41, 5.74) is 4.93. The zero-order valence-corrected chi connectivity index (χ0v) is 13.1. The highest BCUT2D eigenvalue weighted by Crippen LogP contribution is 2.28. The van der Waals surface area contributed by atoms with Gasteiger partial charge < -0.3 is 14.0 Å². The number of methoxy groups -OCH3 is 1. The number of oxazole rings is 1. The summed E-state index contributed by atoms with van der Waals surface area (Å²) >= 11 is 0. The largest absolute Gasteiger partial charge is 0.465 e. The molecule has 0 bridgehead atoms. The Morgan fingerprint density at radius 1 is 1.25 bits per heavy atom. The Balaban J connectivity index is 2.00. The summed E-state index contributed by atoms with van der Waals surface area (Å²) in [6.45, 7) is 0.558. The lowest BCUT2D eigenvalue weighted by atomic mass is 10.1. The topological polar surface area (TPSA) is 73.6 Å². The van der Waals surface area contributed by atoms with E-state index in [1.165, 1.54) is 13.2 Å². The highest BCUT2D eigenvalue weighted by molar-refractivity contribution is 6.01. The van der Waals surface area contributed by atoms with Crippen LogP contribution in [0.5, 0.6) is 0 Å². The zero-order chi connectivity index (χ0) is 17.1. The molecule has 0 amide bonds. The zero-order valence-electron chi connectivity index (χ0n) is 13.1. The molecule has 3 aromatic rings. The number of ether oxygens (including phenoxy) is 1. The molecule has 0 fully saturated rings. The molecule has 124 valence electrons. The average molecular weight is 330 g/mol. The summed E-state index contributed by atoms with van der Waals surface area (Å²) in [6.07, 6.45) is 0. The van der Waals surface area contributed by atoms with Crippen LogP contribution in [0.15, 0.2) is 40.8 Å². The minimum Gasteiger partial charge on any atom is -0.465 e. The first-order chi connectivity index (χ1) is 11.6. The van der Waals surface area contributed by atoms with E-state index in [2.05, 4.69) is 15.2 Å². The number of nitrogens with zero attached hydrogens (tertiary/aromatic N) is 1. The average Bonchev–Trinajstić information content (AvgIpc) is 3.02. The van der Waals surface area contributed by atoms with Gasteiger partial charge in [-0.05, 0) is 23.8 Å². The molecule has 0 aliphatic carbocycles. The van der Waals surface area contributed by atoms with Crippen LogP contribution in [0, 0.1) is 5.82 Å². The van der Waals surface area contributed by atoms with Crippen molar-refractivity contribution in [3.63, 3.8) is 0 Å². The molecular formula is C17H15FN2O4. The molecule has 0 aliphatic heterocycles. The molecule has 1 heterocycles. The predicted octanol–water partition coefficient (Wildman–Crippen LogP) is 3.07. The van der Waals surface area contributed by atoms with Crippen molar-refractivity contribution in [1.29, 1.82) is 0 Å². The van der Waals surface area contributed by atoms with Gasteiger partial charge >= 0.3 is 5.97 Å². The number of carbonyl (C=O) groups excluding carboxylic acids is 1.